The van der Waals surface area contributed by atoms with Gasteiger partial charge in [-0.25, -0.2) is 0 Å². The van der Waals surface area contributed by atoms with E-state index in [4.69, 9.17) is 5.53 Å². The summed E-state index contributed by atoms with van der Waals surface area (Å²) >= 11 is 0. The van der Waals surface area contributed by atoms with Gasteiger partial charge in [0.25, 0.3) is 0 Å². The maximum atomic E-state index is 8.50. The minimum Gasteiger partial charge on any atom is -0.264 e. The van der Waals surface area contributed by atoms with Crippen molar-refractivity contribution in [2.24, 2.45) is 10.5 Å². The SMILES string of the molecule is CC(C)(C)C(N=[N+]=[N-])c1cccnc1. The Bertz CT molecular complexity index is 333. The molecule has 4 heteroatoms. The van der Waals surface area contributed by atoms with E-state index in [1.807, 2.05) is 32.9 Å². The maximum absolute atomic E-state index is 8.50. The van der Waals surface area contributed by atoms with Crippen LogP contribution in [0, 0.1) is 5.41 Å². The highest BCUT2D eigenvalue weighted by molar-refractivity contribution is 5.16. The van der Waals surface area contributed by atoms with Crippen LogP contribution in [0.25, 0.3) is 10.4 Å². The molecule has 0 saturated carbocycles. The highest BCUT2D eigenvalue weighted by Crippen LogP contribution is 2.35. The van der Waals surface area contributed by atoms with Gasteiger partial charge in [0.1, 0.15) is 0 Å². The van der Waals surface area contributed by atoms with E-state index in [1.165, 1.54) is 0 Å². The van der Waals surface area contributed by atoms with Crippen LogP contribution in [0.5, 0.6) is 0 Å². The van der Waals surface area contributed by atoms with Gasteiger partial charge in [-0.2, -0.15) is 0 Å². The minimum atomic E-state index is -0.166. The van der Waals surface area contributed by atoms with Crippen LogP contribution in [0.2, 0.25) is 0 Å². The smallest absolute Gasteiger partial charge is 0.0688 e. The molecule has 0 spiro atoms. The van der Waals surface area contributed by atoms with Crippen molar-refractivity contribution in [2.75, 3.05) is 0 Å². The van der Waals surface area contributed by atoms with Crippen LogP contribution in [-0.2, 0) is 0 Å². The Morgan fingerprint density at radius 3 is 2.64 bits per heavy atom. The zero-order chi connectivity index (χ0) is 10.6. The van der Waals surface area contributed by atoms with E-state index in [2.05, 4.69) is 15.0 Å². The van der Waals surface area contributed by atoms with Crippen molar-refractivity contribution in [3.05, 3.63) is 40.5 Å². The Morgan fingerprint density at radius 1 is 1.50 bits per heavy atom. The van der Waals surface area contributed by atoms with Gasteiger partial charge in [0.15, 0.2) is 0 Å². The first-order valence-electron chi connectivity index (χ1n) is 4.50. The summed E-state index contributed by atoms with van der Waals surface area (Å²) in [4.78, 5) is 6.89. The molecule has 1 aromatic rings. The van der Waals surface area contributed by atoms with Crippen LogP contribution in [0.1, 0.15) is 32.4 Å². The molecular weight excluding hydrogens is 176 g/mol. The van der Waals surface area contributed by atoms with Crippen molar-refractivity contribution in [1.29, 1.82) is 0 Å². The Morgan fingerprint density at radius 2 is 2.21 bits per heavy atom. The van der Waals surface area contributed by atoms with E-state index < -0.39 is 0 Å². The van der Waals surface area contributed by atoms with E-state index >= 15 is 0 Å². The number of pyridine rings is 1. The summed E-state index contributed by atoms with van der Waals surface area (Å²) in [5, 5.41) is 3.81. The lowest BCUT2D eigenvalue weighted by molar-refractivity contribution is 0.326. The molecule has 1 aromatic heterocycles. The molecule has 0 aliphatic heterocycles. The average Bonchev–Trinajstić information content (AvgIpc) is 2.14. The Labute approximate surface area is 83.6 Å². The van der Waals surface area contributed by atoms with Gasteiger partial charge >= 0.3 is 0 Å². The fourth-order valence-electron chi connectivity index (χ4n) is 1.33. The second-order valence-electron chi connectivity index (χ2n) is 4.26. The van der Waals surface area contributed by atoms with E-state index in [0.29, 0.717) is 0 Å². The lowest BCUT2D eigenvalue weighted by Gasteiger charge is -2.26. The zero-order valence-electron chi connectivity index (χ0n) is 8.68. The first kappa shape index (κ1) is 10.5. The first-order chi connectivity index (χ1) is 6.55. The monoisotopic (exact) mass is 190 g/mol. The summed E-state index contributed by atoms with van der Waals surface area (Å²) in [6.07, 6.45) is 3.45. The quantitative estimate of drug-likeness (QED) is 0.400. The van der Waals surface area contributed by atoms with Crippen LogP contribution in [0.3, 0.4) is 0 Å². The van der Waals surface area contributed by atoms with Crippen molar-refractivity contribution in [2.45, 2.75) is 26.8 Å². The maximum Gasteiger partial charge on any atom is 0.0688 e. The van der Waals surface area contributed by atoms with E-state index in [1.54, 1.807) is 12.4 Å². The molecule has 74 valence electrons. The van der Waals surface area contributed by atoms with Gasteiger partial charge < -0.3 is 0 Å². The van der Waals surface area contributed by atoms with Gasteiger partial charge in [-0.15, -0.1) is 0 Å². The highest BCUT2D eigenvalue weighted by Gasteiger charge is 2.24. The van der Waals surface area contributed by atoms with Gasteiger partial charge in [-0.05, 0) is 22.6 Å². The largest absolute Gasteiger partial charge is 0.264 e. The summed E-state index contributed by atoms with van der Waals surface area (Å²) in [7, 11) is 0. The predicted molar refractivity (Wildman–Crippen MR) is 55.6 cm³/mol. The summed E-state index contributed by atoms with van der Waals surface area (Å²) in [6.45, 7) is 6.12. The third-order valence-electron chi connectivity index (χ3n) is 1.99. The lowest BCUT2D eigenvalue weighted by atomic mass is 9.83. The Balaban J connectivity index is 3.07. The fourth-order valence-corrected chi connectivity index (χ4v) is 1.33. The second kappa shape index (κ2) is 4.11. The van der Waals surface area contributed by atoms with Crippen molar-refractivity contribution < 1.29 is 0 Å². The Kier molecular flexibility index (Phi) is 3.10. The molecule has 1 rings (SSSR count). The summed E-state index contributed by atoms with van der Waals surface area (Å²) < 4.78 is 0. The lowest BCUT2D eigenvalue weighted by Crippen LogP contribution is -2.16. The van der Waals surface area contributed by atoms with Crippen LogP contribution in [-0.4, -0.2) is 4.98 Å². The average molecular weight is 190 g/mol. The number of hydrogen-bond acceptors (Lipinski definition) is 2. The molecule has 14 heavy (non-hydrogen) atoms. The molecule has 0 amide bonds. The van der Waals surface area contributed by atoms with E-state index in [-0.39, 0.29) is 11.5 Å². The number of hydrogen-bond donors (Lipinski definition) is 0. The molecule has 0 N–H and O–H groups in total. The molecule has 0 fully saturated rings. The van der Waals surface area contributed by atoms with E-state index in [0.717, 1.165) is 5.56 Å². The minimum absolute atomic E-state index is 0.0880. The van der Waals surface area contributed by atoms with Crippen LogP contribution >= 0.6 is 0 Å². The topological polar surface area (TPSA) is 61.7 Å². The molecule has 1 heterocycles. The molecule has 0 aliphatic rings. The van der Waals surface area contributed by atoms with Crippen molar-refractivity contribution in [1.82, 2.24) is 4.98 Å². The van der Waals surface area contributed by atoms with Gasteiger partial charge in [0, 0.05) is 17.3 Å². The number of azide groups is 1. The normalized spacial score (nSPS) is 13.1. The summed E-state index contributed by atoms with van der Waals surface area (Å²) in [5.41, 5.74) is 9.37. The van der Waals surface area contributed by atoms with Gasteiger partial charge in [-0.1, -0.05) is 32.0 Å². The first-order valence-corrected chi connectivity index (χ1v) is 4.50. The number of aromatic nitrogens is 1. The second-order valence-corrected chi connectivity index (χ2v) is 4.26. The molecule has 4 nitrogen and oxygen atoms in total. The Hall–Kier alpha value is -1.54. The van der Waals surface area contributed by atoms with Crippen LogP contribution in [0.4, 0.5) is 0 Å². The molecule has 0 aliphatic carbocycles. The summed E-state index contributed by atoms with van der Waals surface area (Å²) in [6, 6.07) is 3.61. The van der Waals surface area contributed by atoms with Gasteiger partial charge in [0.2, 0.25) is 0 Å². The van der Waals surface area contributed by atoms with E-state index in [9.17, 15) is 0 Å². The molecule has 0 saturated heterocycles. The zero-order valence-corrected chi connectivity index (χ0v) is 8.68. The van der Waals surface area contributed by atoms with Crippen molar-refractivity contribution in [3.63, 3.8) is 0 Å². The molecule has 1 atom stereocenters. The highest BCUT2D eigenvalue weighted by atomic mass is 15.2. The van der Waals surface area contributed by atoms with Crippen LogP contribution in [0.15, 0.2) is 29.6 Å². The summed E-state index contributed by atoms with van der Waals surface area (Å²) in [5.74, 6) is 0. The predicted octanol–water partition coefficient (Wildman–Crippen LogP) is 3.48. The van der Waals surface area contributed by atoms with Crippen molar-refractivity contribution >= 4 is 0 Å². The standard InChI is InChI=1S/C10H14N4/c1-10(2,3)9(13-14-11)8-5-4-6-12-7-8/h4-7,9H,1-3H3. The fraction of sp³-hybridized carbons (Fsp3) is 0.500. The third-order valence-corrected chi connectivity index (χ3v) is 1.99. The molecule has 0 radical (unpaired) electrons. The number of nitrogens with zero attached hydrogens (tertiary/aromatic N) is 4. The molecule has 0 bridgehead atoms. The van der Waals surface area contributed by atoms with Crippen LogP contribution < -0.4 is 0 Å². The van der Waals surface area contributed by atoms with Gasteiger partial charge in [0.05, 0.1) is 6.04 Å². The molecule has 0 aromatic carbocycles. The van der Waals surface area contributed by atoms with Crippen molar-refractivity contribution in [3.8, 4) is 0 Å². The molecule has 1 unspecified atom stereocenters. The number of rotatable bonds is 2. The van der Waals surface area contributed by atoms with Gasteiger partial charge in [-0.3, -0.25) is 4.98 Å². The third kappa shape index (κ3) is 2.47. The molecular formula is C10H14N4.